The highest BCUT2D eigenvalue weighted by Crippen LogP contribution is 2.26. The summed E-state index contributed by atoms with van der Waals surface area (Å²) in [5.41, 5.74) is 3.56. The molecule has 2 amide bonds. The van der Waals surface area contributed by atoms with Crippen LogP contribution in [0.4, 0.5) is 10.1 Å². The lowest BCUT2D eigenvalue weighted by atomic mass is 10.0. The van der Waals surface area contributed by atoms with Crippen LogP contribution in [0.3, 0.4) is 0 Å². The molecule has 4 aromatic carbocycles. The summed E-state index contributed by atoms with van der Waals surface area (Å²) < 4.78 is 42.7. The van der Waals surface area contributed by atoms with Gasteiger partial charge < -0.3 is 10.2 Å². The first-order valence-corrected chi connectivity index (χ1v) is 15.0. The number of carbonyl (C=O) groups excluding carboxylic acids is 2. The van der Waals surface area contributed by atoms with Crippen LogP contribution in [0.25, 0.3) is 0 Å². The van der Waals surface area contributed by atoms with Crippen LogP contribution < -0.4 is 9.62 Å². The van der Waals surface area contributed by atoms with Gasteiger partial charge in [-0.3, -0.25) is 13.9 Å². The number of likely N-dealkylation sites (N-methyl/N-ethyl adjacent to an activating group) is 1. The van der Waals surface area contributed by atoms with Crippen molar-refractivity contribution in [3.05, 3.63) is 131 Å². The van der Waals surface area contributed by atoms with Gasteiger partial charge in [-0.25, -0.2) is 12.8 Å². The fourth-order valence-corrected chi connectivity index (χ4v) is 6.00. The summed E-state index contributed by atoms with van der Waals surface area (Å²) in [5.74, 6) is -1.42. The van der Waals surface area contributed by atoms with E-state index in [0.717, 1.165) is 21.0 Å². The van der Waals surface area contributed by atoms with Gasteiger partial charge >= 0.3 is 0 Å². The molecule has 0 spiro atoms. The minimum atomic E-state index is -4.17. The van der Waals surface area contributed by atoms with Gasteiger partial charge in [-0.05, 0) is 61.4 Å². The molecule has 0 radical (unpaired) electrons. The van der Waals surface area contributed by atoms with E-state index in [2.05, 4.69) is 5.32 Å². The maximum absolute atomic E-state index is 14.2. The van der Waals surface area contributed by atoms with Crippen LogP contribution in [0.5, 0.6) is 0 Å². The summed E-state index contributed by atoms with van der Waals surface area (Å²) in [6, 6.07) is 27.2. The zero-order valence-electron chi connectivity index (χ0n) is 23.8. The smallest absolute Gasteiger partial charge is 0.264 e. The van der Waals surface area contributed by atoms with Crippen LogP contribution in [0.15, 0.2) is 108 Å². The fraction of sp³-hybridized carbons (Fsp3) is 0.212. The molecule has 42 heavy (non-hydrogen) atoms. The molecule has 1 N–H and O–H groups in total. The number of nitrogens with zero attached hydrogens (tertiary/aromatic N) is 2. The van der Waals surface area contributed by atoms with Crippen molar-refractivity contribution in [2.24, 2.45) is 0 Å². The van der Waals surface area contributed by atoms with E-state index in [1.54, 1.807) is 48.5 Å². The van der Waals surface area contributed by atoms with Crippen molar-refractivity contribution < 1.29 is 22.4 Å². The average molecular weight is 588 g/mol. The van der Waals surface area contributed by atoms with E-state index >= 15 is 0 Å². The van der Waals surface area contributed by atoms with Gasteiger partial charge in [0, 0.05) is 20.0 Å². The number of anilines is 1. The van der Waals surface area contributed by atoms with E-state index in [0.29, 0.717) is 11.3 Å². The molecule has 218 valence electrons. The van der Waals surface area contributed by atoms with Gasteiger partial charge in [0.2, 0.25) is 11.8 Å². The van der Waals surface area contributed by atoms with Crippen molar-refractivity contribution in [1.82, 2.24) is 10.2 Å². The molecule has 4 rings (SSSR count). The summed E-state index contributed by atoms with van der Waals surface area (Å²) in [6.07, 6.45) is 0.197. The number of hydrogen-bond donors (Lipinski definition) is 1. The molecule has 0 aliphatic carbocycles. The predicted octanol–water partition coefficient (Wildman–Crippen LogP) is 5.02. The molecular weight excluding hydrogens is 553 g/mol. The van der Waals surface area contributed by atoms with Gasteiger partial charge in [0.15, 0.2) is 0 Å². The molecule has 0 heterocycles. The zero-order valence-corrected chi connectivity index (χ0v) is 24.6. The molecule has 0 fully saturated rings. The minimum absolute atomic E-state index is 0.0314. The zero-order chi connectivity index (χ0) is 30.3. The maximum atomic E-state index is 14.2. The normalized spacial score (nSPS) is 11.9. The molecule has 1 atom stereocenters. The summed E-state index contributed by atoms with van der Waals surface area (Å²) >= 11 is 0. The highest BCUT2D eigenvalue weighted by molar-refractivity contribution is 7.92. The Morgan fingerprint density at radius 2 is 1.36 bits per heavy atom. The molecule has 0 saturated heterocycles. The topological polar surface area (TPSA) is 86.8 Å². The predicted molar refractivity (Wildman–Crippen MR) is 162 cm³/mol. The van der Waals surface area contributed by atoms with Crippen molar-refractivity contribution in [3.63, 3.8) is 0 Å². The SMILES string of the molecule is CNC(=O)C(Cc1ccccc1)N(Cc1ccc(F)cc1)C(=O)CN(c1ccc(C)cc1)S(=O)(=O)c1ccc(C)cc1. The molecule has 0 bridgehead atoms. The van der Waals surface area contributed by atoms with Crippen LogP contribution >= 0.6 is 0 Å². The Bertz CT molecular complexity index is 1610. The highest BCUT2D eigenvalue weighted by Gasteiger charge is 2.34. The van der Waals surface area contributed by atoms with Crippen molar-refractivity contribution in [3.8, 4) is 0 Å². The van der Waals surface area contributed by atoms with Crippen molar-refractivity contribution in [1.29, 1.82) is 0 Å². The third-order valence-electron chi connectivity index (χ3n) is 6.99. The van der Waals surface area contributed by atoms with Gasteiger partial charge in [-0.15, -0.1) is 0 Å². The first-order valence-electron chi connectivity index (χ1n) is 13.5. The molecule has 4 aromatic rings. The van der Waals surface area contributed by atoms with Crippen molar-refractivity contribution in [2.75, 3.05) is 17.9 Å². The molecule has 0 aliphatic heterocycles. The fourth-order valence-electron chi connectivity index (χ4n) is 4.58. The van der Waals surface area contributed by atoms with E-state index in [1.807, 2.05) is 44.2 Å². The van der Waals surface area contributed by atoms with Gasteiger partial charge in [-0.2, -0.15) is 0 Å². The number of rotatable bonds is 11. The van der Waals surface area contributed by atoms with Crippen LogP contribution in [0, 0.1) is 19.7 Å². The maximum Gasteiger partial charge on any atom is 0.264 e. The second kappa shape index (κ2) is 13.4. The van der Waals surface area contributed by atoms with Crippen molar-refractivity contribution >= 4 is 27.5 Å². The Balaban J connectivity index is 1.77. The highest BCUT2D eigenvalue weighted by atomic mass is 32.2. The summed E-state index contributed by atoms with van der Waals surface area (Å²) in [5, 5.41) is 2.64. The van der Waals surface area contributed by atoms with Crippen molar-refractivity contribution in [2.45, 2.75) is 37.8 Å². The number of carbonyl (C=O) groups is 2. The Kier molecular flexibility index (Phi) is 9.75. The Hall–Kier alpha value is -4.50. The average Bonchev–Trinajstić information content (AvgIpc) is 2.99. The Morgan fingerprint density at radius 1 is 0.786 bits per heavy atom. The van der Waals surface area contributed by atoms with E-state index in [9.17, 15) is 22.4 Å². The molecule has 0 aromatic heterocycles. The number of halogens is 1. The third kappa shape index (κ3) is 7.41. The number of amides is 2. The number of benzene rings is 4. The van der Waals surface area contributed by atoms with Crippen LogP contribution in [-0.2, 0) is 32.6 Å². The number of sulfonamides is 1. The van der Waals surface area contributed by atoms with E-state index in [1.165, 1.54) is 36.2 Å². The summed E-state index contributed by atoms with van der Waals surface area (Å²) in [4.78, 5) is 28.9. The Morgan fingerprint density at radius 3 is 1.93 bits per heavy atom. The molecule has 0 aliphatic rings. The Labute approximate surface area is 246 Å². The summed E-state index contributed by atoms with van der Waals surface area (Å²) in [6.45, 7) is 3.16. The van der Waals surface area contributed by atoms with Crippen LogP contribution in [0.2, 0.25) is 0 Å². The third-order valence-corrected chi connectivity index (χ3v) is 8.78. The van der Waals surface area contributed by atoms with Crippen LogP contribution in [-0.4, -0.2) is 44.8 Å². The second-order valence-electron chi connectivity index (χ2n) is 10.1. The standard InChI is InChI=1S/C33H34FN3O4S/c1-24-9-17-29(18-10-24)37(42(40,41)30-19-11-25(2)12-20-30)23-32(38)36(22-27-13-15-28(34)16-14-27)31(33(39)35-3)21-26-7-5-4-6-8-26/h4-20,31H,21-23H2,1-3H3,(H,35,39). The van der Waals surface area contributed by atoms with E-state index in [-0.39, 0.29) is 17.9 Å². The van der Waals surface area contributed by atoms with Crippen LogP contribution in [0.1, 0.15) is 22.3 Å². The molecule has 1 unspecified atom stereocenters. The number of hydrogen-bond acceptors (Lipinski definition) is 4. The number of aryl methyl sites for hydroxylation is 2. The molecule has 0 saturated carbocycles. The number of nitrogens with one attached hydrogen (secondary N) is 1. The quantitative estimate of drug-likeness (QED) is 0.267. The van der Waals surface area contributed by atoms with Gasteiger partial charge in [0.05, 0.1) is 10.6 Å². The largest absolute Gasteiger partial charge is 0.357 e. The first kappa shape index (κ1) is 30.5. The lowest BCUT2D eigenvalue weighted by Gasteiger charge is -2.33. The van der Waals surface area contributed by atoms with E-state index in [4.69, 9.17) is 0 Å². The van der Waals surface area contributed by atoms with Gasteiger partial charge in [-0.1, -0.05) is 77.9 Å². The van der Waals surface area contributed by atoms with Gasteiger partial charge in [0.25, 0.3) is 10.0 Å². The second-order valence-corrected chi connectivity index (χ2v) is 12.0. The van der Waals surface area contributed by atoms with Gasteiger partial charge in [0.1, 0.15) is 18.4 Å². The van der Waals surface area contributed by atoms with E-state index < -0.39 is 40.2 Å². The lowest BCUT2D eigenvalue weighted by molar-refractivity contribution is -0.139. The monoisotopic (exact) mass is 587 g/mol. The minimum Gasteiger partial charge on any atom is -0.357 e. The molecular formula is C33H34FN3O4S. The summed E-state index contributed by atoms with van der Waals surface area (Å²) in [7, 11) is -2.68. The molecule has 7 nitrogen and oxygen atoms in total. The first-order chi connectivity index (χ1) is 20.1. The lowest BCUT2D eigenvalue weighted by Crippen LogP contribution is -2.53. The molecule has 9 heteroatoms.